The van der Waals surface area contributed by atoms with E-state index in [1.54, 1.807) is 36.4 Å². The van der Waals surface area contributed by atoms with E-state index in [1.165, 1.54) is 13.2 Å². The van der Waals surface area contributed by atoms with Crippen LogP contribution in [0.4, 0.5) is 21.0 Å². The van der Waals surface area contributed by atoms with E-state index in [0.29, 0.717) is 35.0 Å². The van der Waals surface area contributed by atoms with Crippen molar-refractivity contribution in [3.8, 4) is 0 Å². The zero-order valence-corrected chi connectivity index (χ0v) is 17.1. The van der Waals surface area contributed by atoms with Crippen LogP contribution >= 0.6 is 0 Å². The van der Waals surface area contributed by atoms with E-state index >= 15 is 0 Å². The number of hydrogen-bond donors (Lipinski definition) is 4. The molecule has 4 N–H and O–H groups in total. The van der Waals surface area contributed by atoms with E-state index in [1.807, 2.05) is 0 Å². The van der Waals surface area contributed by atoms with Gasteiger partial charge in [-0.05, 0) is 18.2 Å². The summed E-state index contributed by atoms with van der Waals surface area (Å²) in [4.78, 5) is 32.8. The van der Waals surface area contributed by atoms with Crippen LogP contribution in [-0.4, -0.2) is 68.3 Å². The predicted octanol–water partition coefficient (Wildman–Crippen LogP) is 2.31. The summed E-state index contributed by atoms with van der Waals surface area (Å²) in [7, 11) is 1.51. The van der Waals surface area contributed by atoms with Gasteiger partial charge in [-0.15, -0.1) is 0 Å². The molecule has 1 atom stereocenters. The second kappa shape index (κ2) is 14.5. The highest BCUT2D eigenvalue weighted by Gasteiger charge is 2.12. The number of aldehydes is 1. The molecule has 0 heterocycles. The lowest BCUT2D eigenvalue weighted by atomic mass is 10.1. The van der Waals surface area contributed by atoms with Crippen molar-refractivity contribution in [3.63, 3.8) is 0 Å². The highest BCUT2D eigenvalue weighted by molar-refractivity contribution is 6.07. The number of anilines is 2. The summed E-state index contributed by atoms with van der Waals surface area (Å²) in [5.41, 5.74) is 0.982. The number of nitrogens with one attached hydrogen (secondary N) is 2. The molecule has 168 valence electrons. The van der Waals surface area contributed by atoms with Crippen molar-refractivity contribution in [1.29, 1.82) is 0 Å². The third-order valence-corrected chi connectivity index (χ3v) is 3.63. The molecule has 0 spiro atoms. The topological polar surface area (TPSA) is 143 Å². The Balaban J connectivity index is 0.00000110. The van der Waals surface area contributed by atoms with Gasteiger partial charge in [0.1, 0.15) is 25.6 Å². The number of carbonyl (C=O) groups excluding carboxylic acids is 3. The molecule has 0 fully saturated rings. The number of benzene rings is 2. The molecule has 2 rings (SSSR count). The van der Waals surface area contributed by atoms with Crippen LogP contribution in [0, 0.1) is 0 Å². The third-order valence-electron chi connectivity index (χ3n) is 3.63. The molecule has 0 saturated carbocycles. The standard InChI is InChI=1S/C18H22N2O7.C3H4O/c1-25-8-9-26-17(23)19-15-6-2-5-14-13(15)4-3-7-16(14)20-18(24)27-11-12(22)10-21;1-2-3-4/h2-7,12,21-22H,8-11H2,1H3,(H,19,23)(H,20,24);2-3H,1H2. The Kier molecular flexibility index (Phi) is 12.0. The molecule has 2 aromatic carbocycles. The quantitative estimate of drug-likeness (QED) is 0.267. The highest BCUT2D eigenvalue weighted by Crippen LogP contribution is 2.29. The monoisotopic (exact) mass is 434 g/mol. The largest absolute Gasteiger partial charge is 0.447 e. The van der Waals surface area contributed by atoms with Crippen LogP contribution in [0.1, 0.15) is 0 Å². The Morgan fingerprint density at radius 1 is 1.03 bits per heavy atom. The first kappa shape index (κ1) is 25.6. The molecule has 0 aliphatic carbocycles. The number of aliphatic hydroxyl groups is 2. The summed E-state index contributed by atoms with van der Waals surface area (Å²) >= 11 is 0. The molecule has 1 unspecified atom stereocenters. The van der Waals surface area contributed by atoms with Crippen LogP contribution in [0.3, 0.4) is 0 Å². The Labute approximate surface area is 179 Å². The normalized spacial score (nSPS) is 10.8. The molecule has 2 aromatic rings. The fourth-order valence-electron chi connectivity index (χ4n) is 2.26. The van der Waals surface area contributed by atoms with Crippen molar-refractivity contribution in [2.24, 2.45) is 0 Å². The minimum Gasteiger partial charge on any atom is -0.447 e. The summed E-state index contributed by atoms with van der Waals surface area (Å²) < 4.78 is 14.6. The van der Waals surface area contributed by atoms with Crippen LogP contribution in [0.25, 0.3) is 10.8 Å². The Hall–Kier alpha value is -3.47. The van der Waals surface area contributed by atoms with Gasteiger partial charge in [0.15, 0.2) is 0 Å². The number of hydrogen-bond acceptors (Lipinski definition) is 8. The van der Waals surface area contributed by atoms with Gasteiger partial charge in [-0.25, -0.2) is 9.59 Å². The number of amides is 2. The molecular formula is C21H26N2O8. The van der Waals surface area contributed by atoms with Gasteiger partial charge < -0.3 is 24.4 Å². The van der Waals surface area contributed by atoms with Crippen LogP contribution < -0.4 is 10.6 Å². The lowest BCUT2D eigenvalue weighted by Crippen LogP contribution is -2.24. The van der Waals surface area contributed by atoms with Gasteiger partial charge in [-0.2, -0.15) is 0 Å². The third kappa shape index (κ3) is 9.26. The zero-order valence-electron chi connectivity index (χ0n) is 17.1. The average Bonchev–Trinajstić information content (AvgIpc) is 2.78. The lowest BCUT2D eigenvalue weighted by Gasteiger charge is -2.13. The molecule has 31 heavy (non-hydrogen) atoms. The number of ether oxygens (including phenoxy) is 3. The molecule has 0 saturated heterocycles. The molecule has 0 aromatic heterocycles. The molecule has 0 aliphatic heterocycles. The molecule has 0 bridgehead atoms. The first-order valence-corrected chi connectivity index (χ1v) is 9.20. The van der Waals surface area contributed by atoms with Crippen molar-refractivity contribution in [2.75, 3.05) is 44.2 Å². The smallest absolute Gasteiger partial charge is 0.411 e. The zero-order chi connectivity index (χ0) is 23.1. The molecular weight excluding hydrogens is 408 g/mol. The van der Waals surface area contributed by atoms with Gasteiger partial charge in [0.2, 0.25) is 0 Å². The maximum Gasteiger partial charge on any atom is 0.411 e. The summed E-state index contributed by atoms with van der Waals surface area (Å²) in [6, 6.07) is 10.4. The van der Waals surface area contributed by atoms with Crippen molar-refractivity contribution in [1.82, 2.24) is 0 Å². The highest BCUT2D eigenvalue weighted by atomic mass is 16.6. The van der Waals surface area contributed by atoms with Gasteiger partial charge in [-0.1, -0.05) is 30.8 Å². The second-order valence-corrected chi connectivity index (χ2v) is 5.89. The Bertz CT molecular complexity index is 866. The van der Waals surface area contributed by atoms with E-state index < -0.39 is 24.9 Å². The Morgan fingerprint density at radius 2 is 1.55 bits per heavy atom. The number of fused-ring (bicyclic) bond motifs is 1. The number of carbonyl (C=O) groups is 3. The van der Waals surface area contributed by atoms with Gasteiger partial charge in [0.05, 0.1) is 24.6 Å². The number of allylic oxidation sites excluding steroid dienone is 1. The second-order valence-electron chi connectivity index (χ2n) is 5.89. The summed E-state index contributed by atoms with van der Waals surface area (Å²) in [5, 5.41) is 24.5. The van der Waals surface area contributed by atoms with E-state index in [-0.39, 0.29) is 13.2 Å². The summed E-state index contributed by atoms with van der Waals surface area (Å²) in [5.74, 6) is 0. The van der Waals surface area contributed by atoms with Crippen molar-refractivity contribution in [2.45, 2.75) is 6.10 Å². The van der Waals surface area contributed by atoms with Crippen molar-refractivity contribution < 1.29 is 38.8 Å². The van der Waals surface area contributed by atoms with Gasteiger partial charge in [0.25, 0.3) is 0 Å². The van der Waals surface area contributed by atoms with Crippen LogP contribution in [0.2, 0.25) is 0 Å². The molecule has 10 nitrogen and oxygen atoms in total. The molecule has 0 aliphatic rings. The minimum absolute atomic E-state index is 0.130. The van der Waals surface area contributed by atoms with E-state index in [0.717, 1.165) is 0 Å². The molecule has 10 heteroatoms. The van der Waals surface area contributed by atoms with E-state index in [4.69, 9.17) is 24.1 Å². The summed E-state index contributed by atoms with van der Waals surface area (Å²) in [6.07, 6.45) is -0.689. The fraction of sp³-hybridized carbons (Fsp3) is 0.286. The van der Waals surface area contributed by atoms with Crippen LogP contribution in [0.5, 0.6) is 0 Å². The summed E-state index contributed by atoms with van der Waals surface area (Å²) in [6.45, 7) is 2.71. The molecule has 2 amide bonds. The van der Waals surface area contributed by atoms with Gasteiger partial charge in [-0.3, -0.25) is 15.4 Å². The van der Waals surface area contributed by atoms with Crippen molar-refractivity contribution in [3.05, 3.63) is 49.1 Å². The minimum atomic E-state index is -1.14. The van der Waals surface area contributed by atoms with Gasteiger partial charge in [0, 0.05) is 17.9 Å². The van der Waals surface area contributed by atoms with E-state index in [2.05, 4.69) is 17.2 Å². The average molecular weight is 434 g/mol. The van der Waals surface area contributed by atoms with Gasteiger partial charge >= 0.3 is 12.2 Å². The van der Waals surface area contributed by atoms with Crippen LogP contribution in [0.15, 0.2) is 49.1 Å². The molecule has 0 radical (unpaired) electrons. The van der Waals surface area contributed by atoms with E-state index in [9.17, 15) is 14.7 Å². The van der Waals surface area contributed by atoms with Crippen LogP contribution in [-0.2, 0) is 19.0 Å². The number of rotatable bonds is 9. The fourth-order valence-corrected chi connectivity index (χ4v) is 2.26. The first-order valence-electron chi connectivity index (χ1n) is 9.20. The maximum atomic E-state index is 11.9. The number of methoxy groups -OCH3 is 1. The first-order chi connectivity index (χ1) is 15.0. The number of aliphatic hydroxyl groups excluding tert-OH is 2. The maximum absolute atomic E-state index is 11.9. The van der Waals surface area contributed by atoms with Crippen molar-refractivity contribution >= 4 is 40.6 Å². The predicted molar refractivity (Wildman–Crippen MR) is 115 cm³/mol. The Morgan fingerprint density at radius 3 is 2.00 bits per heavy atom. The SMILES string of the molecule is C=CC=O.COCCOC(=O)Nc1cccc2c(NC(=O)OCC(O)CO)cccc12. The lowest BCUT2D eigenvalue weighted by molar-refractivity contribution is -0.104.